The second kappa shape index (κ2) is 6.59. The third-order valence-electron chi connectivity index (χ3n) is 2.88. The number of rotatable bonds is 3. The van der Waals surface area contributed by atoms with Crippen molar-refractivity contribution in [3.63, 3.8) is 0 Å². The van der Waals surface area contributed by atoms with Crippen molar-refractivity contribution in [3.8, 4) is 0 Å². The Labute approximate surface area is 138 Å². The number of thiophene rings is 1. The highest BCUT2D eigenvalue weighted by molar-refractivity contribution is 7.12. The number of carbonyl (C=O) groups excluding carboxylic acids is 2. The summed E-state index contributed by atoms with van der Waals surface area (Å²) >= 11 is 7.21. The standard InChI is InChI=1S/C14H10ClF3N2O2S/c1-20(13(22)14(16,17)18)8-4-5-10(9(15)7-8)19-12(21)11-3-2-6-23-11/h2-7H,1H3,(H,19,21). The molecular formula is C14H10ClF3N2O2S. The lowest BCUT2D eigenvalue weighted by Gasteiger charge is -2.19. The van der Waals surface area contributed by atoms with Crippen LogP contribution >= 0.6 is 22.9 Å². The Morgan fingerprint density at radius 2 is 1.96 bits per heavy atom. The van der Waals surface area contributed by atoms with E-state index in [1.807, 2.05) is 0 Å². The third-order valence-corrected chi connectivity index (χ3v) is 4.06. The van der Waals surface area contributed by atoms with Gasteiger partial charge >= 0.3 is 12.1 Å². The van der Waals surface area contributed by atoms with E-state index in [1.165, 1.54) is 29.5 Å². The van der Waals surface area contributed by atoms with Gasteiger partial charge in [0.1, 0.15) is 0 Å². The lowest BCUT2D eigenvalue weighted by molar-refractivity contribution is -0.170. The van der Waals surface area contributed by atoms with E-state index in [-0.39, 0.29) is 22.3 Å². The Morgan fingerprint density at radius 1 is 1.26 bits per heavy atom. The summed E-state index contributed by atoms with van der Waals surface area (Å²) in [6, 6.07) is 7.11. The molecule has 9 heteroatoms. The van der Waals surface area contributed by atoms with Crippen LogP contribution in [0.15, 0.2) is 35.7 Å². The molecule has 2 amide bonds. The maximum Gasteiger partial charge on any atom is 0.471 e. The molecule has 1 aromatic heterocycles. The number of nitrogens with one attached hydrogen (secondary N) is 1. The van der Waals surface area contributed by atoms with Gasteiger partial charge < -0.3 is 10.2 Å². The van der Waals surface area contributed by atoms with Crippen molar-refractivity contribution < 1.29 is 22.8 Å². The van der Waals surface area contributed by atoms with Gasteiger partial charge in [0.25, 0.3) is 5.91 Å². The molecule has 0 saturated heterocycles. The van der Waals surface area contributed by atoms with E-state index < -0.39 is 12.1 Å². The molecule has 122 valence electrons. The molecule has 0 bridgehead atoms. The SMILES string of the molecule is CN(C(=O)C(F)(F)F)c1ccc(NC(=O)c2cccs2)c(Cl)c1. The van der Waals surface area contributed by atoms with E-state index in [9.17, 15) is 22.8 Å². The number of anilines is 2. The molecule has 2 rings (SSSR count). The van der Waals surface area contributed by atoms with Crippen molar-refractivity contribution in [2.75, 3.05) is 17.3 Å². The third kappa shape index (κ3) is 4.02. The fraction of sp³-hybridized carbons (Fsp3) is 0.143. The van der Waals surface area contributed by atoms with Crippen LogP contribution in [0, 0.1) is 0 Å². The summed E-state index contributed by atoms with van der Waals surface area (Å²) in [6.07, 6.45) is -4.98. The van der Waals surface area contributed by atoms with E-state index in [0.29, 0.717) is 9.78 Å². The van der Waals surface area contributed by atoms with Crippen LogP contribution in [-0.4, -0.2) is 25.0 Å². The van der Waals surface area contributed by atoms with E-state index in [0.717, 1.165) is 7.05 Å². The Hall–Kier alpha value is -2.06. The summed E-state index contributed by atoms with van der Waals surface area (Å²) in [5, 5.41) is 4.31. The highest BCUT2D eigenvalue weighted by Gasteiger charge is 2.41. The molecule has 0 unspecified atom stereocenters. The van der Waals surface area contributed by atoms with Crippen LogP contribution in [0.2, 0.25) is 5.02 Å². The quantitative estimate of drug-likeness (QED) is 0.890. The minimum Gasteiger partial charge on any atom is -0.320 e. The zero-order valence-corrected chi connectivity index (χ0v) is 13.2. The summed E-state index contributed by atoms with van der Waals surface area (Å²) in [4.78, 5) is 24.0. The van der Waals surface area contributed by atoms with Gasteiger partial charge in [-0.1, -0.05) is 17.7 Å². The van der Waals surface area contributed by atoms with Gasteiger partial charge in [-0.05, 0) is 29.6 Å². The Kier molecular flexibility index (Phi) is 4.96. The molecule has 0 atom stereocenters. The summed E-state index contributed by atoms with van der Waals surface area (Å²) < 4.78 is 37.2. The molecule has 1 aromatic carbocycles. The van der Waals surface area contributed by atoms with Crippen LogP contribution in [0.25, 0.3) is 0 Å². The van der Waals surface area contributed by atoms with Gasteiger partial charge in [-0.2, -0.15) is 13.2 Å². The zero-order valence-electron chi connectivity index (χ0n) is 11.6. The average Bonchev–Trinajstić information content (AvgIpc) is 3.01. The van der Waals surface area contributed by atoms with Crippen molar-refractivity contribution in [1.82, 2.24) is 0 Å². The molecular weight excluding hydrogens is 353 g/mol. The van der Waals surface area contributed by atoms with Gasteiger partial charge in [-0.15, -0.1) is 11.3 Å². The van der Waals surface area contributed by atoms with Crippen LogP contribution < -0.4 is 10.2 Å². The molecule has 4 nitrogen and oxygen atoms in total. The van der Waals surface area contributed by atoms with E-state index in [1.54, 1.807) is 17.5 Å². The van der Waals surface area contributed by atoms with Gasteiger partial charge in [0.05, 0.1) is 15.6 Å². The van der Waals surface area contributed by atoms with Crippen LogP contribution in [0.4, 0.5) is 24.5 Å². The number of nitrogens with zero attached hydrogens (tertiary/aromatic N) is 1. The van der Waals surface area contributed by atoms with Crippen LogP contribution in [0.1, 0.15) is 9.67 Å². The number of halogens is 4. The van der Waals surface area contributed by atoms with Crippen LogP contribution in [-0.2, 0) is 4.79 Å². The molecule has 1 N–H and O–H groups in total. The minimum atomic E-state index is -4.98. The molecule has 23 heavy (non-hydrogen) atoms. The first-order valence-corrected chi connectivity index (χ1v) is 7.45. The number of benzene rings is 1. The second-order valence-corrected chi connectivity index (χ2v) is 5.81. The monoisotopic (exact) mass is 362 g/mol. The highest BCUT2D eigenvalue weighted by atomic mass is 35.5. The maximum atomic E-state index is 12.4. The summed E-state index contributed by atoms with van der Waals surface area (Å²) in [7, 11) is 0.991. The van der Waals surface area contributed by atoms with E-state index in [4.69, 9.17) is 11.6 Å². The van der Waals surface area contributed by atoms with Gasteiger partial charge in [0.15, 0.2) is 0 Å². The van der Waals surface area contributed by atoms with Gasteiger partial charge in [-0.25, -0.2) is 0 Å². The number of alkyl halides is 3. The average molecular weight is 363 g/mol. The number of hydrogen-bond acceptors (Lipinski definition) is 3. The predicted molar refractivity (Wildman–Crippen MR) is 83.2 cm³/mol. The predicted octanol–water partition coefficient (Wildman–Crippen LogP) is 4.18. The first kappa shape index (κ1) is 17.3. The molecule has 0 aliphatic rings. The number of amides is 2. The zero-order chi connectivity index (χ0) is 17.2. The first-order chi connectivity index (χ1) is 10.7. The second-order valence-electron chi connectivity index (χ2n) is 4.46. The number of hydrogen-bond donors (Lipinski definition) is 1. The molecule has 0 fully saturated rings. The molecule has 0 saturated carbocycles. The molecule has 0 radical (unpaired) electrons. The maximum absolute atomic E-state index is 12.4. The van der Waals surface area contributed by atoms with Crippen molar-refractivity contribution in [1.29, 1.82) is 0 Å². The van der Waals surface area contributed by atoms with Crippen molar-refractivity contribution >= 4 is 46.1 Å². The minimum absolute atomic E-state index is 0.0224. The number of carbonyl (C=O) groups is 2. The fourth-order valence-corrected chi connectivity index (χ4v) is 2.55. The highest BCUT2D eigenvalue weighted by Crippen LogP contribution is 2.30. The summed E-state index contributed by atoms with van der Waals surface area (Å²) in [5.41, 5.74) is 0.202. The smallest absolute Gasteiger partial charge is 0.320 e. The van der Waals surface area contributed by atoms with Crippen molar-refractivity contribution in [2.24, 2.45) is 0 Å². The Balaban J connectivity index is 2.18. The molecule has 2 aromatic rings. The van der Waals surface area contributed by atoms with Crippen molar-refractivity contribution in [3.05, 3.63) is 45.6 Å². The largest absolute Gasteiger partial charge is 0.471 e. The van der Waals surface area contributed by atoms with Gasteiger partial charge in [-0.3, -0.25) is 9.59 Å². The van der Waals surface area contributed by atoms with Crippen molar-refractivity contribution in [2.45, 2.75) is 6.18 Å². The normalized spacial score (nSPS) is 11.2. The fourth-order valence-electron chi connectivity index (χ4n) is 1.71. The van der Waals surface area contributed by atoms with Crippen LogP contribution in [0.3, 0.4) is 0 Å². The molecule has 0 aliphatic heterocycles. The summed E-state index contributed by atoms with van der Waals surface area (Å²) in [6.45, 7) is 0. The Morgan fingerprint density at radius 3 is 2.48 bits per heavy atom. The first-order valence-electron chi connectivity index (χ1n) is 6.19. The lowest BCUT2D eigenvalue weighted by Crippen LogP contribution is -2.38. The van der Waals surface area contributed by atoms with E-state index in [2.05, 4.69) is 5.32 Å². The summed E-state index contributed by atoms with van der Waals surface area (Å²) in [5.74, 6) is -2.39. The van der Waals surface area contributed by atoms with Gasteiger partial charge in [0.2, 0.25) is 0 Å². The van der Waals surface area contributed by atoms with Gasteiger partial charge in [0, 0.05) is 12.7 Å². The van der Waals surface area contributed by atoms with E-state index >= 15 is 0 Å². The molecule has 0 spiro atoms. The Bertz CT molecular complexity index is 732. The van der Waals surface area contributed by atoms with Crippen LogP contribution in [0.5, 0.6) is 0 Å². The topological polar surface area (TPSA) is 49.4 Å². The lowest BCUT2D eigenvalue weighted by atomic mass is 10.2. The molecule has 0 aliphatic carbocycles. The molecule has 1 heterocycles.